The molecule has 0 aromatic carbocycles. The Labute approximate surface area is 117 Å². The predicted molar refractivity (Wildman–Crippen MR) is 82.6 cm³/mol. The summed E-state index contributed by atoms with van der Waals surface area (Å²) in [5.41, 5.74) is 5.73. The summed E-state index contributed by atoms with van der Waals surface area (Å²) in [6.07, 6.45) is 0. The molecule has 0 aliphatic heterocycles. The molecule has 0 rings (SSSR count). The topological polar surface area (TPSA) is 53.6 Å². The van der Waals surface area contributed by atoms with Crippen molar-refractivity contribution in [3.63, 3.8) is 0 Å². The van der Waals surface area contributed by atoms with E-state index in [1.54, 1.807) is 0 Å². The quantitative estimate of drug-likeness (QED) is 0.438. The minimum absolute atomic E-state index is 0. The Bertz CT molecular complexity index is 190. The Hall–Kier alpha value is -0.0400. The number of nitrogens with one attached hydrogen (secondary N) is 1. The van der Waals surface area contributed by atoms with Gasteiger partial charge in [-0.2, -0.15) is 0 Å². The second-order valence-corrected chi connectivity index (χ2v) is 4.10. The molecule has 0 fully saturated rings. The predicted octanol–water partition coefficient (Wildman–Crippen LogP) is 1.65. The van der Waals surface area contributed by atoms with Gasteiger partial charge in [0.25, 0.3) is 0 Å². The van der Waals surface area contributed by atoms with Crippen molar-refractivity contribution in [2.45, 2.75) is 46.7 Å². The first-order chi connectivity index (χ1) is 7.01. The molecule has 0 amide bonds. The highest BCUT2D eigenvalue weighted by Gasteiger charge is 2.08. The van der Waals surface area contributed by atoms with E-state index >= 15 is 0 Å². The number of likely N-dealkylation sites (N-methyl/N-ethyl adjacent to an activating group) is 1. The summed E-state index contributed by atoms with van der Waals surface area (Å²) in [7, 11) is 0. The summed E-state index contributed by atoms with van der Waals surface area (Å²) >= 11 is 0. The van der Waals surface area contributed by atoms with Crippen molar-refractivity contribution in [2.24, 2.45) is 10.7 Å². The largest absolute Gasteiger partial charge is 0.370 e. The van der Waals surface area contributed by atoms with E-state index in [4.69, 9.17) is 5.73 Å². The van der Waals surface area contributed by atoms with Gasteiger partial charge in [-0.1, -0.05) is 13.8 Å². The van der Waals surface area contributed by atoms with E-state index in [1.165, 1.54) is 0 Å². The maximum Gasteiger partial charge on any atom is 0.188 e. The third kappa shape index (κ3) is 8.15. The Morgan fingerprint density at radius 3 is 2.12 bits per heavy atom. The van der Waals surface area contributed by atoms with Gasteiger partial charge in [0.1, 0.15) is 0 Å². The first kappa shape index (κ1) is 18.3. The lowest BCUT2D eigenvalue weighted by molar-refractivity contribution is 0.237. The Kier molecular flexibility index (Phi) is 11.6. The molecule has 0 heterocycles. The zero-order valence-corrected chi connectivity index (χ0v) is 13.5. The van der Waals surface area contributed by atoms with Crippen molar-refractivity contribution in [2.75, 3.05) is 19.6 Å². The maximum atomic E-state index is 5.73. The van der Waals surface area contributed by atoms with E-state index in [-0.39, 0.29) is 24.0 Å². The van der Waals surface area contributed by atoms with E-state index in [0.717, 1.165) is 19.6 Å². The van der Waals surface area contributed by atoms with Crippen LogP contribution in [0, 0.1) is 0 Å². The molecular formula is C11H27IN4. The van der Waals surface area contributed by atoms with Crippen LogP contribution >= 0.6 is 24.0 Å². The zero-order valence-electron chi connectivity index (χ0n) is 11.2. The second kappa shape index (κ2) is 10.1. The number of halogens is 1. The first-order valence-electron chi connectivity index (χ1n) is 5.81. The van der Waals surface area contributed by atoms with Gasteiger partial charge in [0.05, 0.1) is 6.54 Å². The van der Waals surface area contributed by atoms with E-state index in [0.29, 0.717) is 18.0 Å². The van der Waals surface area contributed by atoms with Crippen molar-refractivity contribution >= 4 is 29.9 Å². The van der Waals surface area contributed by atoms with Gasteiger partial charge in [-0.25, -0.2) is 0 Å². The molecule has 0 saturated heterocycles. The van der Waals surface area contributed by atoms with Crippen LogP contribution in [0.25, 0.3) is 0 Å². The van der Waals surface area contributed by atoms with Crippen LogP contribution in [0.1, 0.15) is 34.6 Å². The maximum absolute atomic E-state index is 5.73. The molecule has 1 unspecified atom stereocenters. The number of hydrogen-bond acceptors (Lipinski definition) is 2. The van der Waals surface area contributed by atoms with Gasteiger partial charge in [-0.15, -0.1) is 24.0 Å². The van der Waals surface area contributed by atoms with E-state index in [9.17, 15) is 0 Å². The number of hydrogen-bond donors (Lipinski definition) is 2. The van der Waals surface area contributed by atoms with E-state index in [2.05, 4.69) is 49.8 Å². The summed E-state index contributed by atoms with van der Waals surface area (Å²) in [6, 6.07) is 0.796. The molecule has 0 saturated carbocycles. The summed E-state index contributed by atoms with van der Waals surface area (Å²) in [5, 5.41) is 3.08. The fourth-order valence-corrected chi connectivity index (χ4v) is 1.53. The molecule has 0 spiro atoms. The molecule has 98 valence electrons. The van der Waals surface area contributed by atoms with Crippen LogP contribution in [-0.2, 0) is 0 Å². The molecule has 5 heteroatoms. The number of nitrogens with two attached hydrogens (primary N) is 1. The molecule has 16 heavy (non-hydrogen) atoms. The van der Waals surface area contributed by atoms with Gasteiger partial charge in [0.2, 0.25) is 0 Å². The average Bonchev–Trinajstić information content (AvgIpc) is 2.15. The van der Waals surface area contributed by atoms with Gasteiger partial charge in [-0.3, -0.25) is 9.89 Å². The lowest BCUT2D eigenvalue weighted by Gasteiger charge is -2.25. The molecule has 0 aromatic rings. The standard InChI is InChI=1S/C11H26N4.HI/c1-6-15(7-2)10(5)8-13-11(12)14-9(3)4;/h9-10H,6-8H2,1-5H3,(H3,12,13,14);1H. The Morgan fingerprint density at radius 1 is 1.25 bits per heavy atom. The van der Waals surface area contributed by atoms with Crippen LogP contribution in [-0.4, -0.2) is 42.6 Å². The summed E-state index contributed by atoms with van der Waals surface area (Å²) < 4.78 is 0. The monoisotopic (exact) mass is 342 g/mol. The molecule has 1 atom stereocenters. The summed E-state index contributed by atoms with van der Waals surface area (Å²) in [6.45, 7) is 13.5. The second-order valence-electron chi connectivity index (χ2n) is 4.10. The van der Waals surface area contributed by atoms with E-state index < -0.39 is 0 Å². The van der Waals surface area contributed by atoms with Crippen LogP contribution in [0.3, 0.4) is 0 Å². The molecule has 0 bridgehead atoms. The first-order valence-corrected chi connectivity index (χ1v) is 5.81. The molecule has 0 aliphatic rings. The SMILES string of the molecule is CCN(CC)C(C)CN=C(N)NC(C)C.I. The fourth-order valence-electron chi connectivity index (χ4n) is 1.53. The van der Waals surface area contributed by atoms with Gasteiger partial charge in [0, 0.05) is 12.1 Å². The molecule has 4 nitrogen and oxygen atoms in total. The van der Waals surface area contributed by atoms with Gasteiger partial charge < -0.3 is 11.1 Å². The highest BCUT2D eigenvalue weighted by atomic mass is 127. The fraction of sp³-hybridized carbons (Fsp3) is 0.909. The van der Waals surface area contributed by atoms with Gasteiger partial charge in [0.15, 0.2) is 5.96 Å². The normalized spacial score (nSPS) is 13.8. The van der Waals surface area contributed by atoms with Crippen molar-refractivity contribution in [1.29, 1.82) is 0 Å². The Balaban J connectivity index is 0. The van der Waals surface area contributed by atoms with Gasteiger partial charge in [-0.05, 0) is 33.9 Å². The van der Waals surface area contributed by atoms with Crippen molar-refractivity contribution < 1.29 is 0 Å². The lowest BCUT2D eigenvalue weighted by Crippen LogP contribution is -2.39. The highest BCUT2D eigenvalue weighted by Crippen LogP contribution is 1.98. The average molecular weight is 342 g/mol. The number of nitrogens with zero attached hydrogens (tertiary/aromatic N) is 2. The van der Waals surface area contributed by atoms with Crippen molar-refractivity contribution in [3.8, 4) is 0 Å². The third-order valence-electron chi connectivity index (χ3n) is 2.40. The lowest BCUT2D eigenvalue weighted by atomic mass is 10.3. The minimum atomic E-state index is 0. The van der Waals surface area contributed by atoms with Crippen molar-refractivity contribution in [1.82, 2.24) is 10.2 Å². The molecule has 3 N–H and O–H groups in total. The minimum Gasteiger partial charge on any atom is -0.370 e. The molecule has 0 aliphatic carbocycles. The van der Waals surface area contributed by atoms with Gasteiger partial charge >= 0.3 is 0 Å². The third-order valence-corrected chi connectivity index (χ3v) is 2.40. The molecule has 0 radical (unpaired) electrons. The Morgan fingerprint density at radius 2 is 1.75 bits per heavy atom. The smallest absolute Gasteiger partial charge is 0.188 e. The van der Waals surface area contributed by atoms with Crippen LogP contribution < -0.4 is 11.1 Å². The number of rotatable bonds is 6. The van der Waals surface area contributed by atoms with Crippen molar-refractivity contribution in [3.05, 3.63) is 0 Å². The van der Waals surface area contributed by atoms with Crippen LogP contribution in [0.15, 0.2) is 4.99 Å². The van der Waals surface area contributed by atoms with Crippen LogP contribution in [0.4, 0.5) is 0 Å². The summed E-state index contributed by atoms with van der Waals surface area (Å²) in [5.74, 6) is 0.545. The molecule has 0 aromatic heterocycles. The summed E-state index contributed by atoms with van der Waals surface area (Å²) in [4.78, 5) is 6.69. The number of guanidine groups is 1. The van der Waals surface area contributed by atoms with E-state index in [1.807, 2.05) is 0 Å². The number of aliphatic imine (C=N–C) groups is 1. The highest BCUT2D eigenvalue weighted by molar-refractivity contribution is 14.0. The molecular weight excluding hydrogens is 315 g/mol. The van der Waals surface area contributed by atoms with Crippen LogP contribution in [0.2, 0.25) is 0 Å². The van der Waals surface area contributed by atoms with Crippen LogP contribution in [0.5, 0.6) is 0 Å². The zero-order chi connectivity index (χ0) is 11.8.